The second-order valence-electron chi connectivity index (χ2n) is 12.7. The second-order valence-corrected chi connectivity index (χ2v) is 15.2. The predicted molar refractivity (Wildman–Crippen MR) is 186 cm³/mol. The number of anilines is 2. The molecule has 1 unspecified atom stereocenters. The third kappa shape index (κ3) is 9.22. The Morgan fingerprint density at radius 1 is 0.958 bits per heavy atom. The first-order valence-electron chi connectivity index (χ1n) is 16.7. The molecule has 2 aromatic carbocycles. The van der Waals surface area contributed by atoms with Crippen LogP contribution >= 0.6 is 11.6 Å². The number of hydrogen-bond acceptors (Lipinski definition) is 9. The fourth-order valence-corrected chi connectivity index (χ4v) is 7.41. The summed E-state index contributed by atoms with van der Waals surface area (Å²) in [5.41, 5.74) is -0.848. The third-order valence-electron chi connectivity index (χ3n) is 8.49. The molecule has 2 aliphatic rings. The van der Waals surface area contributed by atoms with Gasteiger partial charge in [0.25, 0.3) is 11.8 Å². The first-order chi connectivity index (χ1) is 22.9. The van der Waals surface area contributed by atoms with E-state index in [1.54, 1.807) is 5.01 Å². The lowest BCUT2D eigenvalue weighted by atomic mass is 10.0. The van der Waals surface area contributed by atoms with E-state index in [2.05, 4.69) is 17.3 Å². The highest BCUT2D eigenvalue weighted by Gasteiger charge is 2.54. The minimum absolute atomic E-state index is 0.00354. The number of carbonyl (C=O) groups is 4. The summed E-state index contributed by atoms with van der Waals surface area (Å²) in [7, 11) is -3.63. The molecule has 2 aliphatic heterocycles. The van der Waals surface area contributed by atoms with Crippen LogP contribution < -0.4 is 10.3 Å². The maximum atomic E-state index is 13.8. The number of carbonyl (C=O) groups excluding carboxylic acids is 4. The number of rotatable bonds is 18. The minimum Gasteiger partial charge on any atom is -0.433 e. The van der Waals surface area contributed by atoms with E-state index in [1.807, 2.05) is 30.3 Å². The Hall–Kier alpha value is -3.77. The predicted octanol–water partition coefficient (Wildman–Crippen LogP) is 6.93. The minimum atomic E-state index is -3.63. The number of cyclic esters (lactones) is 1. The van der Waals surface area contributed by atoms with E-state index in [9.17, 15) is 27.6 Å². The van der Waals surface area contributed by atoms with Crippen LogP contribution in [0, 0.1) is 0 Å². The summed E-state index contributed by atoms with van der Waals surface area (Å²) in [4.78, 5) is 54.1. The Bertz CT molecular complexity index is 1630. The smallest absolute Gasteiger partial charge is 0.418 e. The van der Waals surface area contributed by atoms with Gasteiger partial charge >= 0.3 is 6.09 Å². The van der Waals surface area contributed by atoms with E-state index in [4.69, 9.17) is 16.3 Å². The van der Waals surface area contributed by atoms with E-state index in [0.29, 0.717) is 17.9 Å². The van der Waals surface area contributed by atoms with Crippen molar-refractivity contribution in [2.45, 2.75) is 108 Å². The van der Waals surface area contributed by atoms with Crippen molar-refractivity contribution < 1.29 is 32.3 Å². The molecular formula is C35H45ClN4O7S. The molecule has 0 spiro atoms. The van der Waals surface area contributed by atoms with Crippen LogP contribution in [0.15, 0.2) is 58.5 Å². The zero-order chi connectivity index (χ0) is 34.9. The van der Waals surface area contributed by atoms with Crippen LogP contribution in [0.2, 0.25) is 5.02 Å². The fraction of sp³-hybridized carbons (Fsp3) is 0.514. The molecule has 1 N–H and O–H groups in total. The molecule has 11 nitrogen and oxygen atoms in total. The lowest BCUT2D eigenvalue weighted by Crippen LogP contribution is -2.54. The van der Waals surface area contributed by atoms with Gasteiger partial charge in [-0.1, -0.05) is 94.5 Å². The average molecular weight is 701 g/mol. The number of imide groups is 1. The largest absolute Gasteiger partial charge is 0.433 e. The van der Waals surface area contributed by atoms with Crippen molar-refractivity contribution in [2.75, 3.05) is 22.6 Å². The number of hydrazone groups is 1. The van der Waals surface area contributed by atoms with Gasteiger partial charge in [0.05, 0.1) is 27.0 Å². The number of nitrogens with one attached hydrogen (secondary N) is 1. The van der Waals surface area contributed by atoms with Gasteiger partial charge in [-0.2, -0.15) is 5.10 Å². The number of unbranched alkanes of at least 4 members (excludes halogenated alkanes) is 9. The third-order valence-corrected chi connectivity index (χ3v) is 10.6. The molecule has 2 aromatic rings. The van der Waals surface area contributed by atoms with Crippen molar-refractivity contribution in [2.24, 2.45) is 5.10 Å². The highest BCUT2D eigenvalue weighted by atomic mass is 35.5. The van der Waals surface area contributed by atoms with Gasteiger partial charge in [0.1, 0.15) is 5.71 Å². The highest BCUT2D eigenvalue weighted by molar-refractivity contribution is 7.91. The molecule has 0 radical (unpaired) electrons. The molecule has 1 saturated heterocycles. The number of amides is 3. The summed E-state index contributed by atoms with van der Waals surface area (Å²) < 4.78 is 31.2. The number of benzene rings is 2. The Balaban J connectivity index is 1.43. The van der Waals surface area contributed by atoms with E-state index >= 15 is 0 Å². The number of ketones is 1. The molecule has 48 heavy (non-hydrogen) atoms. The van der Waals surface area contributed by atoms with Gasteiger partial charge in [-0.15, -0.1) is 0 Å². The number of hydrogen-bond donors (Lipinski definition) is 1. The molecule has 0 saturated carbocycles. The molecule has 260 valence electrons. The van der Waals surface area contributed by atoms with Crippen LogP contribution in [0.1, 0.15) is 91.4 Å². The van der Waals surface area contributed by atoms with E-state index in [0.717, 1.165) is 31.4 Å². The molecule has 0 bridgehead atoms. The molecule has 13 heteroatoms. The van der Waals surface area contributed by atoms with Gasteiger partial charge in [0.2, 0.25) is 5.78 Å². The average Bonchev–Trinajstić information content (AvgIpc) is 3.62. The Morgan fingerprint density at radius 3 is 2.17 bits per heavy atom. The van der Waals surface area contributed by atoms with Gasteiger partial charge < -0.3 is 10.1 Å². The number of ether oxygens (including phenoxy) is 1. The molecule has 3 amide bonds. The first-order valence-corrected chi connectivity index (χ1v) is 18.7. The standard InChI is InChI=1S/C35H45ClN4O7S/c1-4-5-6-7-8-9-10-11-12-16-23-48(45,46)26-19-20-28(27(36)24-26)37-32(42)30(40-33(43)35(2,3)47-34(40)44)31(41)29-21-22-39(38-29)25-17-14-13-15-18-25/h13-15,17-20,24,30H,4-12,16,21-23H2,1-3H3,(H,37,42). The Kier molecular flexibility index (Phi) is 12.8. The van der Waals surface area contributed by atoms with Crippen molar-refractivity contribution in [3.63, 3.8) is 0 Å². The topological polar surface area (TPSA) is 143 Å². The summed E-state index contributed by atoms with van der Waals surface area (Å²) in [6.07, 6.45) is 9.84. The number of sulfone groups is 1. The quantitative estimate of drug-likeness (QED) is 0.130. The molecule has 4 rings (SSSR count). The van der Waals surface area contributed by atoms with Crippen molar-refractivity contribution in [1.29, 1.82) is 0 Å². The van der Waals surface area contributed by atoms with Gasteiger partial charge in [0, 0.05) is 13.0 Å². The molecular weight excluding hydrogens is 656 g/mol. The van der Waals surface area contributed by atoms with Gasteiger partial charge in [0.15, 0.2) is 21.5 Å². The summed E-state index contributed by atoms with van der Waals surface area (Å²) in [6, 6.07) is 11.1. The lowest BCUT2D eigenvalue weighted by Gasteiger charge is -2.23. The van der Waals surface area contributed by atoms with E-state index < -0.39 is 45.2 Å². The summed E-state index contributed by atoms with van der Waals surface area (Å²) >= 11 is 6.44. The van der Waals surface area contributed by atoms with Crippen molar-refractivity contribution in [3.8, 4) is 0 Å². The number of halogens is 1. The molecule has 0 aliphatic carbocycles. The van der Waals surface area contributed by atoms with Crippen LogP contribution in [0.25, 0.3) is 0 Å². The maximum absolute atomic E-state index is 13.8. The fourth-order valence-electron chi connectivity index (χ4n) is 5.72. The summed E-state index contributed by atoms with van der Waals surface area (Å²) in [5, 5.41) is 8.41. The maximum Gasteiger partial charge on any atom is 0.418 e. The molecule has 2 heterocycles. The zero-order valence-electron chi connectivity index (χ0n) is 27.9. The van der Waals surface area contributed by atoms with E-state index in [1.165, 1.54) is 64.2 Å². The Morgan fingerprint density at radius 2 is 1.58 bits per heavy atom. The van der Waals surface area contributed by atoms with Gasteiger partial charge in [-0.05, 0) is 50.6 Å². The first kappa shape index (κ1) is 37.1. The number of nitrogens with zero attached hydrogens (tertiary/aromatic N) is 3. The highest BCUT2D eigenvalue weighted by Crippen LogP contribution is 2.30. The van der Waals surface area contributed by atoms with Crippen molar-refractivity contribution >= 4 is 62.2 Å². The normalized spacial score (nSPS) is 16.5. The monoisotopic (exact) mass is 700 g/mol. The van der Waals surface area contributed by atoms with Gasteiger partial charge in [-0.25, -0.2) is 18.1 Å². The summed E-state index contributed by atoms with van der Waals surface area (Å²) in [5.74, 6) is -2.76. The SMILES string of the molecule is CCCCCCCCCCCCS(=O)(=O)c1ccc(NC(=O)C(C(=O)C2=NN(c3ccccc3)CC2)N2C(=O)OC(C)(C)C2=O)c(Cl)c1. The van der Waals surface area contributed by atoms with Crippen LogP contribution in [-0.2, 0) is 29.0 Å². The van der Waals surface area contributed by atoms with Crippen LogP contribution in [0.4, 0.5) is 16.2 Å². The Labute approximate surface area is 287 Å². The molecule has 1 atom stereocenters. The number of Topliss-reactive ketones (excluding diaryl/α,β-unsaturated/α-hetero) is 1. The number of para-hydroxylation sites is 1. The zero-order valence-corrected chi connectivity index (χ0v) is 29.4. The van der Waals surface area contributed by atoms with Crippen LogP contribution in [0.3, 0.4) is 0 Å². The van der Waals surface area contributed by atoms with Crippen LogP contribution in [-0.4, -0.2) is 66.7 Å². The van der Waals surface area contributed by atoms with Crippen molar-refractivity contribution in [1.82, 2.24) is 4.90 Å². The second kappa shape index (κ2) is 16.6. The summed E-state index contributed by atoms with van der Waals surface area (Å²) in [6.45, 7) is 5.27. The van der Waals surface area contributed by atoms with Gasteiger partial charge in [-0.3, -0.25) is 19.4 Å². The lowest BCUT2D eigenvalue weighted by molar-refractivity contribution is -0.141. The van der Waals surface area contributed by atoms with E-state index in [-0.39, 0.29) is 33.5 Å². The van der Waals surface area contributed by atoms with Crippen LogP contribution in [0.5, 0.6) is 0 Å². The van der Waals surface area contributed by atoms with Crippen molar-refractivity contribution in [3.05, 3.63) is 53.6 Å². The molecule has 1 fully saturated rings. The molecule has 0 aromatic heterocycles.